The Balaban J connectivity index is 1.50. The second-order valence-electron chi connectivity index (χ2n) is 11.7. The Labute approximate surface area is 242 Å². The summed E-state index contributed by atoms with van der Waals surface area (Å²) >= 11 is 6.08. The number of halogens is 1. The Morgan fingerprint density at radius 2 is 1.71 bits per heavy atom. The van der Waals surface area contributed by atoms with E-state index < -0.39 is 17.4 Å². The molecule has 1 aromatic carbocycles. The van der Waals surface area contributed by atoms with Gasteiger partial charge in [-0.15, -0.1) is 0 Å². The zero-order chi connectivity index (χ0) is 29.9. The van der Waals surface area contributed by atoms with Gasteiger partial charge < -0.3 is 14.4 Å². The number of anilines is 1. The first kappa shape index (κ1) is 28.3. The van der Waals surface area contributed by atoms with Crippen LogP contribution in [0.2, 0.25) is 5.02 Å². The fraction of sp³-hybridized carbons (Fsp3) is 0.323. The van der Waals surface area contributed by atoms with Gasteiger partial charge in [0.25, 0.3) is 11.8 Å². The number of piperazine rings is 1. The molecule has 1 fully saturated rings. The van der Waals surface area contributed by atoms with Gasteiger partial charge in [0.05, 0.1) is 5.69 Å². The van der Waals surface area contributed by atoms with Crippen molar-refractivity contribution in [3.8, 4) is 11.3 Å². The summed E-state index contributed by atoms with van der Waals surface area (Å²) in [6.45, 7) is 11.5. The molecule has 0 atom stereocenters. The molecule has 3 aromatic heterocycles. The zero-order valence-corrected chi connectivity index (χ0v) is 24.5. The van der Waals surface area contributed by atoms with E-state index in [0.29, 0.717) is 21.7 Å². The van der Waals surface area contributed by atoms with Crippen LogP contribution in [0, 0.1) is 6.92 Å². The lowest BCUT2D eigenvalue weighted by Gasteiger charge is -2.45. The van der Waals surface area contributed by atoms with Gasteiger partial charge in [-0.25, -0.2) is 14.8 Å². The van der Waals surface area contributed by atoms with E-state index in [1.807, 2.05) is 18.2 Å². The Morgan fingerprint density at radius 1 is 1.02 bits per heavy atom. The van der Waals surface area contributed by atoms with Crippen LogP contribution in [0.3, 0.4) is 0 Å². The minimum Gasteiger partial charge on any atom is -0.477 e. The van der Waals surface area contributed by atoms with Gasteiger partial charge in [0.2, 0.25) is 0 Å². The average molecular weight is 575 g/mol. The Bertz CT molecular complexity index is 1700. The molecule has 1 saturated heterocycles. The molecule has 4 heterocycles. The van der Waals surface area contributed by atoms with Crippen LogP contribution in [0.25, 0.3) is 22.4 Å². The summed E-state index contributed by atoms with van der Waals surface area (Å²) in [5.74, 6) is -1.66. The van der Waals surface area contributed by atoms with Crippen molar-refractivity contribution in [1.29, 1.82) is 0 Å². The van der Waals surface area contributed by atoms with Gasteiger partial charge in [-0.3, -0.25) is 14.5 Å². The quantitative estimate of drug-likeness (QED) is 0.312. The number of hydrogen-bond donors (Lipinski definition) is 1. The number of fused-ring (bicyclic) bond motifs is 1. The third-order valence-corrected chi connectivity index (χ3v) is 7.69. The molecule has 0 spiro atoms. The lowest BCUT2D eigenvalue weighted by atomic mass is 9.86. The van der Waals surface area contributed by atoms with Gasteiger partial charge in [0.15, 0.2) is 17.0 Å². The smallest absolute Gasteiger partial charge is 0.354 e. The van der Waals surface area contributed by atoms with E-state index in [-0.39, 0.29) is 41.7 Å². The lowest BCUT2D eigenvalue weighted by molar-refractivity contribution is -0.129. The summed E-state index contributed by atoms with van der Waals surface area (Å²) in [6, 6.07) is 14.2. The largest absolute Gasteiger partial charge is 0.477 e. The van der Waals surface area contributed by atoms with Gasteiger partial charge in [-0.2, -0.15) is 0 Å². The predicted octanol–water partition coefficient (Wildman–Crippen LogP) is 6.11. The third-order valence-electron chi connectivity index (χ3n) is 7.43. The molecule has 1 aliphatic rings. The van der Waals surface area contributed by atoms with Crippen molar-refractivity contribution in [2.75, 3.05) is 18.0 Å². The fourth-order valence-electron chi connectivity index (χ4n) is 5.07. The van der Waals surface area contributed by atoms with Gasteiger partial charge in [-0.05, 0) is 56.0 Å². The highest BCUT2D eigenvalue weighted by Gasteiger charge is 2.46. The molecular formula is C31H31ClN4O5. The molecule has 212 valence electrons. The van der Waals surface area contributed by atoms with E-state index in [9.17, 15) is 19.5 Å². The SMILES string of the molecule is Cc1ccc(N2CCN(C(=O)c3cc4nc(-c5ccc(Cl)cc5)cc(C(C)(C)C)c4o3)C(C)(C)C2=O)nc1C(=O)O. The maximum atomic E-state index is 13.8. The maximum absolute atomic E-state index is 13.8. The van der Waals surface area contributed by atoms with E-state index in [1.165, 1.54) is 9.80 Å². The van der Waals surface area contributed by atoms with Crippen LogP contribution >= 0.6 is 11.6 Å². The van der Waals surface area contributed by atoms with Crippen molar-refractivity contribution < 1.29 is 23.9 Å². The number of carbonyl (C=O) groups excluding carboxylic acids is 2. The molecule has 0 aliphatic carbocycles. The number of pyridine rings is 2. The van der Waals surface area contributed by atoms with Crippen LogP contribution in [0.5, 0.6) is 0 Å². The summed E-state index contributed by atoms with van der Waals surface area (Å²) in [5.41, 5.74) is 2.39. The number of carboxylic acid groups (broad SMARTS) is 1. The fourth-order valence-corrected chi connectivity index (χ4v) is 5.20. The van der Waals surface area contributed by atoms with Gasteiger partial charge >= 0.3 is 5.97 Å². The predicted molar refractivity (Wildman–Crippen MR) is 157 cm³/mol. The molecule has 0 radical (unpaired) electrons. The molecule has 0 bridgehead atoms. The van der Waals surface area contributed by atoms with Crippen LogP contribution in [-0.2, 0) is 10.2 Å². The molecular weight excluding hydrogens is 544 g/mol. The van der Waals surface area contributed by atoms with Crippen LogP contribution in [0.15, 0.2) is 52.9 Å². The van der Waals surface area contributed by atoms with Crippen molar-refractivity contribution in [3.63, 3.8) is 0 Å². The Kier molecular flexibility index (Phi) is 6.90. The number of carbonyl (C=O) groups is 3. The van der Waals surface area contributed by atoms with E-state index in [0.717, 1.165) is 16.8 Å². The van der Waals surface area contributed by atoms with E-state index in [2.05, 4.69) is 25.8 Å². The molecule has 2 amide bonds. The number of nitrogens with zero attached hydrogens (tertiary/aromatic N) is 4. The van der Waals surface area contributed by atoms with Gasteiger partial charge in [0, 0.05) is 35.3 Å². The molecule has 0 saturated carbocycles. The first-order valence-electron chi connectivity index (χ1n) is 13.2. The van der Waals surface area contributed by atoms with E-state index in [1.54, 1.807) is 51.1 Å². The minimum absolute atomic E-state index is 0.0854. The van der Waals surface area contributed by atoms with Crippen molar-refractivity contribution in [1.82, 2.24) is 14.9 Å². The van der Waals surface area contributed by atoms with Crippen molar-refractivity contribution in [3.05, 3.63) is 76.1 Å². The molecule has 1 aliphatic heterocycles. The van der Waals surface area contributed by atoms with E-state index >= 15 is 0 Å². The highest BCUT2D eigenvalue weighted by molar-refractivity contribution is 6.30. The molecule has 9 nitrogen and oxygen atoms in total. The standard InChI is InChI=1S/C31H31ClN4O5/c1-17-7-12-24(34-25(17)28(38)39)35-13-14-36(31(5,6)29(35)40)27(37)23-16-22-26(41-23)20(30(2,3)4)15-21(33-22)18-8-10-19(32)11-9-18/h7-12,15-16H,13-14H2,1-6H3,(H,38,39). The topological polar surface area (TPSA) is 117 Å². The van der Waals surface area contributed by atoms with Crippen molar-refractivity contribution in [2.24, 2.45) is 0 Å². The second-order valence-corrected chi connectivity index (χ2v) is 12.2. The van der Waals surface area contributed by atoms with Crippen molar-refractivity contribution >= 4 is 46.3 Å². The van der Waals surface area contributed by atoms with Gasteiger partial charge in [-0.1, -0.05) is 50.6 Å². The van der Waals surface area contributed by atoms with Crippen LogP contribution in [0.4, 0.5) is 5.82 Å². The number of furan rings is 1. The zero-order valence-electron chi connectivity index (χ0n) is 23.8. The second kappa shape index (κ2) is 9.99. The maximum Gasteiger partial charge on any atom is 0.354 e. The Hall–Kier alpha value is -4.24. The first-order chi connectivity index (χ1) is 19.2. The molecule has 1 N–H and O–H groups in total. The third kappa shape index (κ3) is 5.06. The number of carboxylic acids is 1. The van der Waals surface area contributed by atoms with Crippen LogP contribution in [-0.4, -0.2) is 56.4 Å². The highest BCUT2D eigenvalue weighted by atomic mass is 35.5. The number of rotatable bonds is 4. The molecule has 4 aromatic rings. The monoisotopic (exact) mass is 574 g/mol. The van der Waals surface area contributed by atoms with Crippen molar-refractivity contribution in [2.45, 2.75) is 52.5 Å². The number of hydrogen-bond acceptors (Lipinski definition) is 6. The summed E-state index contributed by atoms with van der Waals surface area (Å²) in [7, 11) is 0. The number of aryl methyl sites for hydroxylation is 1. The first-order valence-corrected chi connectivity index (χ1v) is 13.6. The Morgan fingerprint density at radius 3 is 2.34 bits per heavy atom. The van der Waals surface area contributed by atoms with Gasteiger partial charge in [0.1, 0.15) is 16.9 Å². The van der Waals surface area contributed by atoms with E-state index in [4.69, 9.17) is 21.0 Å². The van der Waals surface area contributed by atoms with Crippen LogP contribution in [0.1, 0.15) is 66.8 Å². The summed E-state index contributed by atoms with van der Waals surface area (Å²) in [4.78, 5) is 51.0. The summed E-state index contributed by atoms with van der Waals surface area (Å²) in [6.07, 6.45) is 0. The van der Waals surface area contributed by atoms with Crippen LogP contribution < -0.4 is 4.90 Å². The molecule has 10 heteroatoms. The lowest BCUT2D eigenvalue weighted by Crippen LogP contribution is -2.65. The minimum atomic E-state index is -1.25. The normalized spacial score (nSPS) is 15.4. The number of aromatic nitrogens is 2. The molecule has 41 heavy (non-hydrogen) atoms. The molecule has 5 rings (SSSR count). The summed E-state index contributed by atoms with van der Waals surface area (Å²) in [5, 5.41) is 10.1. The average Bonchev–Trinajstić information content (AvgIpc) is 3.33. The highest BCUT2D eigenvalue weighted by Crippen LogP contribution is 2.36. The number of benzene rings is 1. The number of amides is 2. The number of aromatic carboxylic acids is 1. The molecule has 0 unspecified atom stereocenters. The summed E-state index contributed by atoms with van der Waals surface area (Å²) < 4.78 is 6.17.